The summed E-state index contributed by atoms with van der Waals surface area (Å²) in [5, 5.41) is 8.29. The van der Waals surface area contributed by atoms with Crippen LogP contribution < -0.4 is 16.0 Å². The smallest absolute Gasteiger partial charge is 0.255 e. The lowest BCUT2D eigenvalue weighted by atomic mass is 10.1. The highest BCUT2D eigenvalue weighted by Crippen LogP contribution is 2.24. The quantitative estimate of drug-likeness (QED) is 0.783. The first-order chi connectivity index (χ1) is 11.9. The van der Waals surface area contributed by atoms with E-state index in [1.165, 1.54) is 13.8 Å². The van der Waals surface area contributed by atoms with Gasteiger partial charge in [-0.2, -0.15) is 0 Å². The summed E-state index contributed by atoms with van der Waals surface area (Å²) in [6, 6.07) is 12.3. The molecule has 0 heterocycles. The third kappa shape index (κ3) is 5.17. The van der Waals surface area contributed by atoms with E-state index in [0.29, 0.717) is 23.5 Å². The molecule has 0 fully saturated rings. The fraction of sp³-hybridized carbons (Fsp3) is 0.211. The van der Waals surface area contributed by atoms with E-state index in [2.05, 4.69) is 16.0 Å². The summed E-state index contributed by atoms with van der Waals surface area (Å²) in [6.45, 7) is 5.15. The van der Waals surface area contributed by atoms with Gasteiger partial charge in [0.2, 0.25) is 11.8 Å². The van der Waals surface area contributed by atoms with Crippen molar-refractivity contribution >= 4 is 29.1 Å². The second-order valence-corrected chi connectivity index (χ2v) is 5.72. The average molecular weight is 339 g/mol. The van der Waals surface area contributed by atoms with Crippen LogP contribution in [-0.2, 0) is 16.1 Å². The van der Waals surface area contributed by atoms with Crippen molar-refractivity contribution in [3.8, 4) is 0 Å². The Balaban J connectivity index is 2.09. The van der Waals surface area contributed by atoms with Crippen LogP contribution in [0.4, 0.5) is 11.4 Å². The SMILES string of the molecule is CC(=O)NCc1ccc(C(=O)Nc2cccc(NC(C)=O)c2C)cc1. The van der Waals surface area contributed by atoms with E-state index in [0.717, 1.165) is 11.1 Å². The summed E-state index contributed by atoms with van der Waals surface area (Å²) in [7, 11) is 0. The van der Waals surface area contributed by atoms with Crippen LogP contribution in [0.1, 0.15) is 35.3 Å². The van der Waals surface area contributed by atoms with Crippen LogP contribution in [0, 0.1) is 6.92 Å². The number of rotatable bonds is 5. The predicted molar refractivity (Wildman–Crippen MR) is 97.4 cm³/mol. The van der Waals surface area contributed by atoms with Crippen molar-refractivity contribution in [2.45, 2.75) is 27.3 Å². The zero-order valence-electron chi connectivity index (χ0n) is 14.5. The van der Waals surface area contributed by atoms with Gasteiger partial charge < -0.3 is 16.0 Å². The molecule has 2 aromatic rings. The summed E-state index contributed by atoms with van der Waals surface area (Å²) in [4.78, 5) is 34.6. The summed E-state index contributed by atoms with van der Waals surface area (Å²) in [6.07, 6.45) is 0. The van der Waals surface area contributed by atoms with E-state index < -0.39 is 0 Å². The molecular formula is C19H21N3O3. The molecule has 0 bridgehead atoms. The fourth-order valence-electron chi connectivity index (χ4n) is 2.29. The number of anilines is 2. The first-order valence-electron chi connectivity index (χ1n) is 7.88. The normalized spacial score (nSPS) is 10.0. The van der Waals surface area contributed by atoms with Gasteiger partial charge in [0.05, 0.1) is 0 Å². The van der Waals surface area contributed by atoms with E-state index in [-0.39, 0.29) is 17.7 Å². The zero-order chi connectivity index (χ0) is 18.4. The number of amides is 3. The fourth-order valence-corrected chi connectivity index (χ4v) is 2.29. The Kier molecular flexibility index (Phi) is 5.89. The third-order valence-corrected chi connectivity index (χ3v) is 3.65. The van der Waals surface area contributed by atoms with Crippen molar-refractivity contribution in [3.05, 3.63) is 59.2 Å². The molecule has 6 nitrogen and oxygen atoms in total. The Labute approximate surface area is 146 Å². The second-order valence-electron chi connectivity index (χ2n) is 5.72. The highest BCUT2D eigenvalue weighted by Gasteiger charge is 2.10. The molecule has 0 unspecified atom stereocenters. The topological polar surface area (TPSA) is 87.3 Å². The van der Waals surface area contributed by atoms with Crippen molar-refractivity contribution < 1.29 is 14.4 Å². The molecule has 3 amide bonds. The maximum absolute atomic E-state index is 12.4. The minimum Gasteiger partial charge on any atom is -0.352 e. The number of carbonyl (C=O) groups is 3. The third-order valence-electron chi connectivity index (χ3n) is 3.65. The monoisotopic (exact) mass is 339 g/mol. The molecule has 130 valence electrons. The Morgan fingerprint density at radius 1 is 0.840 bits per heavy atom. The number of hydrogen-bond acceptors (Lipinski definition) is 3. The summed E-state index contributed by atoms with van der Waals surface area (Å²) in [5.41, 5.74) is 3.51. The lowest BCUT2D eigenvalue weighted by Gasteiger charge is -2.13. The summed E-state index contributed by atoms with van der Waals surface area (Å²) >= 11 is 0. The van der Waals surface area contributed by atoms with Gasteiger partial charge in [-0.1, -0.05) is 18.2 Å². The van der Waals surface area contributed by atoms with E-state index >= 15 is 0 Å². The molecule has 2 aromatic carbocycles. The summed E-state index contributed by atoms with van der Waals surface area (Å²) < 4.78 is 0. The van der Waals surface area contributed by atoms with Gasteiger partial charge >= 0.3 is 0 Å². The second kappa shape index (κ2) is 8.10. The van der Waals surface area contributed by atoms with Gasteiger partial charge in [-0.15, -0.1) is 0 Å². The predicted octanol–water partition coefficient (Wildman–Crippen LogP) is 2.84. The lowest BCUT2D eigenvalue weighted by molar-refractivity contribution is -0.119. The average Bonchev–Trinajstić information content (AvgIpc) is 2.56. The first-order valence-corrected chi connectivity index (χ1v) is 7.88. The number of carbonyl (C=O) groups excluding carboxylic acids is 3. The molecule has 2 rings (SSSR count). The van der Waals surface area contributed by atoms with E-state index in [4.69, 9.17) is 0 Å². The molecule has 0 aromatic heterocycles. The van der Waals surface area contributed by atoms with Crippen molar-refractivity contribution in [2.24, 2.45) is 0 Å². The molecule has 0 spiro atoms. The van der Waals surface area contributed by atoms with Crippen LogP contribution in [0.15, 0.2) is 42.5 Å². The molecule has 0 atom stereocenters. The molecule has 6 heteroatoms. The molecule has 25 heavy (non-hydrogen) atoms. The molecule has 3 N–H and O–H groups in total. The summed E-state index contributed by atoms with van der Waals surface area (Å²) in [5.74, 6) is -0.508. The molecule has 0 saturated heterocycles. The van der Waals surface area contributed by atoms with Crippen molar-refractivity contribution in [3.63, 3.8) is 0 Å². The Morgan fingerprint density at radius 2 is 1.44 bits per heavy atom. The highest BCUT2D eigenvalue weighted by atomic mass is 16.2. The molecule has 0 aliphatic heterocycles. The van der Waals surface area contributed by atoms with Gasteiger partial charge in [0.25, 0.3) is 5.91 Å². The standard InChI is InChI=1S/C19H21N3O3/c1-12-17(21-14(3)24)5-4-6-18(12)22-19(25)16-9-7-15(8-10-16)11-20-13(2)23/h4-10H,11H2,1-3H3,(H,20,23)(H,21,24)(H,22,25). The maximum Gasteiger partial charge on any atom is 0.255 e. The van der Waals surface area contributed by atoms with Gasteiger partial charge in [-0.05, 0) is 42.3 Å². The van der Waals surface area contributed by atoms with Gasteiger partial charge in [0.1, 0.15) is 0 Å². The van der Waals surface area contributed by atoms with Crippen molar-refractivity contribution in [1.82, 2.24) is 5.32 Å². The van der Waals surface area contributed by atoms with Crippen LogP contribution in [0.3, 0.4) is 0 Å². The Hall–Kier alpha value is -3.15. The van der Waals surface area contributed by atoms with Gasteiger partial charge in [-0.25, -0.2) is 0 Å². The highest BCUT2D eigenvalue weighted by molar-refractivity contribution is 6.05. The molecule has 0 aliphatic carbocycles. The van der Waals surface area contributed by atoms with Crippen LogP contribution >= 0.6 is 0 Å². The van der Waals surface area contributed by atoms with Gasteiger partial charge in [0, 0.05) is 37.3 Å². The van der Waals surface area contributed by atoms with Gasteiger partial charge in [-0.3, -0.25) is 14.4 Å². The number of benzene rings is 2. The minimum absolute atomic E-state index is 0.101. The van der Waals surface area contributed by atoms with E-state index in [9.17, 15) is 14.4 Å². The van der Waals surface area contributed by atoms with E-state index in [1.54, 1.807) is 42.5 Å². The Bertz CT molecular complexity index is 798. The Morgan fingerprint density at radius 3 is 2.00 bits per heavy atom. The number of nitrogens with one attached hydrogen (secondary N) is 3. The lowest BCUT2D eigenvalue weighted by Crippen LogP contribution is -2.19. The molecule has 0 aliphatic rings. The van der Waals surface area contributed by atoms with Crippen LogP contribution in [0.2, 0.25) is 0 Å². The van der Waals surface area contributed by atoms with Crippen LogP contribution in [0.25, 0.3) is 0 Å². The minimum atomic E-state index is -0.242. The molecule has 0 saturated carbocycles. The molecule has 0 radical (unpaired) electrons. The van der Waals surface area contributed by atoms with Crippen LogP contribution in [-0.4, -0.2) is 17.7 Å². The maximum atomic E-state index is 12.4. The van der Waals surface area contributed by atoms with Crippen molar-refractivity contribution in [2.75, 3.05) is 10.6 Å². The first kappa shape index (κ1) is 18.2. The number of hydrogen-bond donors (Lipinski definition) is 3. The largest absolute Gasteiger partial charge is 0.352 e. The van der Waals surface area contributed by atoms with Gasteiger partial charge in [0.15, 0.2) is 0 Å². The zero-order valence-corrected chi connectivity index (χ0v) is 14.5. The van der Waals surface area contributed by atoms with Crippen molar-refractivity contribution in [1.29, 1.82) is 0 Å². The van der Waals surface area contributed by atoms with E-state index in [1.807, 2.05) is 6.92 Å². The molecular weight excluding hydrogens is 318 g/mol. The van der Waals surface area contributed by atoms with Crippen LogP contribution in [0.5, 0.6) is 0 Å².